The summed E-state index contributed by atoms with van der Waals surface area (Å²) >= 11 is 0. The first-order valence-electron chi connectivity index (χ1n) is 9.15. The van der Waals surface area contributed by atoms with Gasteiger partial charge in [-0.2, -0.15) is 0 Å². The minimum atomic E-state index is -0.107. The maximum absolute atomic E-state index is 13.2. The molecule has 2 aromatic heterocycles. The van der Waals surface area contributed by atoms with Crippen LogP contribution in [0.25, 0.3) is 10.9 Å². The number of pyridine rings is 1. The Balaban J connectivity index is 1.88. The molecule has 1 aliphatic heterocycles. The Morgan fingerprint density at radius 2 is 2.04 bits per heavy atom. The molecule has 1 aliphatic rings. The Hall–Kier alpha value is -2.08. The molecule has 1 amide bonds. The van der Waals surface area contributed by atoms with E-state index in [1.165, 1.54) is 4.57 Å². The lowest BCUT2D eigenvalue weighted by atomic mass is 10.0. The molecule has 3 heterocycles. The second-order valence-electron chi connectivity index (χ2n) is 7.18. The van der Waals surface area contributed by atoms with E-state index >= 15 is 0 Å². The number of aromatic amines is 1. The summed E-state index contributed by atoms with van der Waals surface area (Å²) in [7, 11) is 1.69. The van der Waals surface area contributed by atoms with E-state index in [4.69, 9.17) is 0 Å². The summed E-state index contributed by atoms with van der Waals surface area (Å²) in [5.74, 6) is 0.0192. The van der Waals surface area contributed by atoms with Crippen LogP contribution in [-0.2, 0) is 7.05 Å². The topological polar surface area (TPSA) is 61.3 Å². The van der Waals surface area contributed by atoms with Gasteiger partial charge >= 0.3 is 0 Å². The molecule has 3 rings (SSSR count). The molecule has 0 aliphatic carbocycles. The average molecular weight is 344 g/mol. The summed E-state index contributed by atoms with van der Waals surface area (Å²) in [6.07, 6.45) is 5.40. The molecule has 25 heavy (non-hydrogen) atoms. The standard InChI is InChI=1S/C19H28N4O2/c1-5-23(14-7-10-22(11-8-14)13(2)3)18(24)16-12-21(4)19(25)17-15(16)6-9-20-17/h6,9,12-14,20H,5,7-8,10-11H2,1-4H3. The van der Waals surface area contributed by atoms with E-state index in [1.54, 1.807) is 19.4 Å². The molecule has 0 radical (unpaired) electrons. The summed E-state index contributed by atoms with van der Waals surface area (Å²) in [5, 5.41) is 0.714. The molecular formula is C19H28N4O2. The average Bonchev–Trinajstić information content (AvgIpc) is 3.09. The fraction of sp³-hybridized carbons (Fsp3) is 0.579. The van der Waals surface area contributed by atoms with Gasteiger partial charge in [0.15, 0.2) is 0 Å². The third-order valence-corrected chi connectivity index (χ3v) is 5.40. The van der Waals surface area contributed by atoms with Crippen LogP contribution >= 0.6 is 0 Å². The lowest BCUT2D eigenvalue weighted by Crippen LogP contribution is -2.49. The molecule has 0 atom stereocenters. The molecule has 0 unspecified atom stereocenters. The Bertz CT molecular complexity index is 812. The molecule has 6 heteroatoms. The molecular weight excluding hydrogens is 316 g/mol. The zero-order valence-corrected chi connectivity index (χ0v) is 15.6. The predicted molar refractivity (Wildman–Crippen MR) is 100.0 cm³/mol. The number of fused-ring (bicyclic) bond motifs is 1. The lowest BCUT2D eigenvalue weighted by Gasteiger charge is -2.39. The second-order valence-corrected chi connectivity index (χ2v) is 7.18. The zero-order chi connectivity index (χ0) is 18.1. The highest BCUT2D eigenvalue weighted by atomic mass is 16.2. The fourth-order valence-electron chi connectivity index (χ4n) is 3.88. The highest BCUT2D eigenvalue weighted by Gasteiger charge is 2.29. The summed E-state index contributed by atoms with van der Waals surface area (Å²) < 4.78 is 1.49. The van der Waals surface area contributed by atoms with Gasteiger partial charge in [-0.25, -0.2) is 0 Å². The van der Waals surface area contributed by atoms with Crippen molar-refractivity contribution in [3.8, 4) is 0 Å². The van der Waals surface area contributed by atoms with Gasteiger partial charge in [-0.05, 0) is 39.7 Å². The van der Waals surface area contributed by atoms with Crippen LogP contribution < -0.4 is 5.56 Å². The number of aromatic nitrogens is 2. The van der Waals surface area contributed by atoms with Crippen LogP contribution in [0.1, 0.15) is 44.0 Å². The van der Waals surface area contributed by atoms with Crippen LogP contribution in [0.2, 0.25) is 0 Å². The van der Waals surface area contributed by atoms with Crippen LogP contribution in [0.4, 0.5) is 0 Å². The van der Waals surface area contributed by atoms with E-state index in [0.717, 1.165) is 25.9 Å². The van der Waals surface area contributed by atoms with Crippen molar-refractivity contribution >= 4 is 16.8 Å². The van der Waals surface area contributed by atoms with Crippen molar-refractivity contribution < 1.29 is 4.79 Å². The molecule has 6 nitrogen and oxygen atoms in total. The van der Waals surface area contributed by atoms with E-state index in [-0.39, 0.29) is 17.5 Å². The number of carbonyl (C=O) groups excluding carboxylic acids is 1. The van der Waals surface area contributed by atoms with Crippen LogP contribution in [0.15, 0.2) is 23.3 Å². The first kappa shape index (κ1) is 17.7. The van der Waals surface area contributed by atoms with Gasteiger partial charge in [-0.3, -0.25) is 9.59 Å². The zero-order valence-electron chi connectivity index (χ0n) is 15.6. The van der Waals surface area contributed by atoms with Crippen molar-refractivity contribution in [1.29, 1.82) is 0 Å². The van der Waals surface area contributed by atoms with Gasteiger partial charge < -0.3 is 19.4 Å². The van der Waals surface area contributed by atoms with Gasteiger partial charge in [-0.15, -0.1) is 0 Å². The first-order valence-corrected chi connectivity index (χ1v) is 9.15. The smallest absolute Gasteiger partial charge is 0.274 e. The maximum atomic E-state index is 13.2. The maximum Gasteiger partial charge on any atom is 0.274 e. The van der Waals surface area contributed by atoms with Crippen LogP contribution in [0.5, 0.6) is 0 Å². The molecule has 2 aromatic rings. The van der Waals surface area contributed by atoms with Gasteiger partial charge in [0.2, 0.25) is 0 Å². The predicted octanol–water partition coefficient (Wildman–Crippen LogP) is 2.20. The highest BCUT2D eigenvalue weighted by molar-refractivity contribution is 6.06. The Morgan fingerprint density at radius 3 is 2.64 bits per heavy atom. The third kappa shape index (κ3) is 3.23. The van der Waals surface area contributed by atoms with E-state index in [0.29, 0.717) is 29.1 Å². The number of carbonyl (C=O) groups is 1. The van der Waals surface area contributed by atoms with Crippen molar-refractivity contribution in [2.75, 3.05) is 19.6 Å². The molecule has 136 valence electrons. The summed E-state index contributed by atoms with van der Waals surface area (Å²) in [4.78, 5) is 32.9. The minimum absolute atomic E-state index is 0.0192. The van der Waals surface area contributed by atoms with Crippen LogP contribution in [0, 0.1) is 0 Å². The summed E-state index contributed by atoms with van der Waals surface area (Å²) in [6, 6.07) is 2.63. The quantitative estimate of drug-likeness (QED) is 0.925. The number of nitrogens with zero attached hydrogens (tertiary/aromatic N) is 3. The largest absolute Gasteiger partial charge is 0.357 e. The van der Waals surface area contributed by atoms with Crippen molar-refractivity contribution in [2.24, 2.45) is 7.05 Å². The SMILES string of the molecule is CCN(C(=O)c1cn(C)c(=O)c2[nH]ccc12)C1CCN(C(C)C)CC1. The van der Waals surface area contributed by atoms with Crippen molar-refractivity contribution in [3.05, 3.63) is 34.4 Å². The third-order valence-electron chi connectivity index (χ3n) is 5.40. The fourth-order valence-corrected chi connectivity index (χ4v) is 3.88. The second kappa shape index (κ2) is 7.04. The van der Waals surface area contributed by atoms with E-state index < -0.39 is 0 Å². The summed E-state index contributed by atoms with van der Waals surface area (Å²) in [5.41, 5.74) is 0.996. The molecule has 1 N–H and O–H groups in total. The van der Waals surface area contributed by atoms with Crippen LogP contribution in [-0.4, -0.2) is 57.0 Å². The number of likely N-dealkylation sites (tertiary alicyclic amines) is 1. The van der Waals surface area contributed by atoms with E-state index in [9.17, 15) is 9.59 Å². The minimum Gasteiger partial charge on any atom is -0.357 e. The number of H-pyrrole nitrogens is 1. The Morgan fingerprint density at radius 1 is 1.36 bits per heavy atom. The number of hydrogen-bond acceptors (Lipinski definition) is 3. The molecule has 0 aromatic carbocycles. The van der Waals surface area contributed by atoms with Crippen LogP contribution in [0.3, 0.4) is 0 Å². The number of nitrogens with one attached hydrogen (secondary N) is 1. The molecule has 0 saturated carbocycles. The molecule has 0 spiro atoms. The van der Waals surface area contributed by atoms with Gasteiger partial charge in [0, 0.05) is 56.5 Å². The van der Waals surface area contributed by atoms with Crippen molar-refractivity contribution in [2.45, 2.75) is 45.7 Å². The van der Waals surface area contributed by atoms with Gasteiger partial charge in [0.25, 0.3) is 11.5 Å². The summed E-state index contributed by atoms with van der Waals surface area (Å²) in [6.45, 7) is 9.20. The molecule has 0 bridgehead atoms. The number of aryl methyl sites for hydroxylation is 1. The molecule has 1 fully saturated rings. The van der Waals surface area contributed by atoms with Crippen molar-refractivity contribution in [1.82, 2.24) is 19.4 Å². The van der Waals surface area contributed by atoms with E-state index in [2.05, 4.69) is 23.7 Å². The number of hydrogen-bond donors (Lipinski definition) is 1. The number of amides is 1. The number of rotatable bonds is 4. The Kier molecular flexibility index (Phi) is 4.99. The Labute approximate surface area is 148 Å². The number of piperidine rings is 1. The lowest BCUT2D eigenvalue weighted by molar-refractivity contribution is 0.0559. The van der Waals surface area contributed by atoms with Crippen molar-refractivity contribution in [3.63, 3.8) is 0 Å². The molecule has 1 saturated heterocycles. The highest BCUT2D eigenvalue weighted by Crippen LogP contribution is 2.22. The van der Waals surface area contributed by atoms with Gasteiger partial charge in [0.05, 0.1) is 5.56 Å². The monoisotopic (exact) mass is 344 g/mol. The first-order chi connectivity index (χ1) is 11.9. The van der Waals surface area contributed by atoms with E-state index in [1.807, 2.05) is 17.9 Å². The van der Waals surface area contributed by atoms with Gasteiger partial charge in [-0.1, -0.05) is 0 Å². The van der Waals surface area contributed by atoms with Gasteiger partial charge in [0.1, 0.15) is 5.52 Å². The normalized spacial score (nSPS) is 16.7.